The van der Waals surface area contributed by atoms with Crippen molar-refractivity contribution in [3.05, 3.63) is 12.2 Å². The molecule has 0 aromatic heterocycles. The molecule has 74 heavy (non-hydrogen) atoms. The highest BCUT2D eigenvalue weighted by atomic mass is 16.5. The van der Waals surface area contributed by atoms with Crippen molar-refractivity contribution in [1.82, 2.24) is 5.32 Å². The van der Waals surface area contributed by atoms with Crippen molar-refractivity contribution in [1.29, 1.82) is 0 Å². The van der Waals surface area contributed by atoms with Gasteiger partial charge in [-0.05, 0) is 51.4 Å². The minimum atomic E-state index is -0.661. The van der Waals surface area contributed by atoms with Crippen LogP contribution in [0.4, 0.5) is 0 Å². The zero-order chi connectivity index (χ0) is 53.6. The van der Waals surface area contributed by atoms with Crippen molar-refractivity contribution in [2.24, 2.45) is 0 Å². The molecule has 2 atom stereocenters. The van der Waals surface area contributed by atoms with Gasteiger partial charge in [-0.3, -0.25) is 9.59 Å². The lowest BCUT2D eigenvalue weighted by Gasteiger charge is -2.22. The number of hydrogen-bond donors (Lipinski definition) is 3. The molecule has 0 saturated heterocycles. The third-order valence-corrected chi connectivity index (χ3v) is 16.1. The number of unbranched alkanes of at least 4 members (excludes halogenated alkanes) is 51. The summed E-state index contributed by atoms with van der Waals surface area (Å²) in [7, 11) is 0. The number of allylic oxidation sites excluding steroid dienone is 2. The van der Waals surface area contributed by atoms with E-state index in [2.05, 4.69) is 31.3 Å². The molecule has 0 bridgehead atoms. The maximum atomic E-state index is 12.5. The molecule has 0 fully saturated rings. The maximum absolute atomic E-state index is 12.5. The Morgan fingerprint density at radius 3 is 0.959 bits per heavy atom. The highest BCUT2D eigenvalue weighted by Crippen LogP contribution is 2.19. The second-order valence-corrected chi connectivity index (χ2v) is 23.5. The van der Waals surface area contributed by atoms with Gasteiger partial charge in [-0.1, -0.05) is 334 Å². The summed E-state index contributed by atoms with van der Waals surface area (Å²) in [5, 5.41) is 23.3. The molecule has 1 amide bonds. The van der Waals surface area contributed by atoms with Crippen molar-refractivity contribution in [3.63, 3.8) is 0 Å². The second-order valence-electron chi connectivity index (χ2n) is 23.5. The molecule has 0 heterocycles. The number of aliphatic hydroxyl groups excluding tert-OH is 2. The fourth-order valence-corrected chi connectivity index (χ4v) is 10.9. The summed E-state index contributed by atoms with van der Waals surface area (Å²) in [6.45, 7) is 4.97. The monoisotopic (exact) mass is 1040 g/mol. The van der Waals surface area contributed by atoms with Crippen LogP contribution in [-0.2, 0) is 14.3 Å². The van der Waals surface area contributed by atoms with E-state index in [-0.39, 0.29) is 18.5 Å². The minimum Gasteiger partial charge on any atom is -0.466 e. The molecule has 0 aliphatic heterocycles. The van der Waals surface area contributed by atoms with Gasteiger partial charge in [-0.25, -0.2) is 0 Å². The lowest BCUT2D eigenvalue weighted by atomic mass is 10.0. The van der Waals surface area contributed by atoms with Crippen LogP contribution in [-0.4, -0.2) is 47.4 Å². The topological polar surface area (TPSA) is 95.9 Å². The molecule has 0 rings (SSSR count). The highest BCUT2D eigenvalue weighted by Gasteiger charge is 2.20. The summed E-state index contributed by atoms with van der Waals surface area (Å²) in [5.41, 5.74) is 0. The fourth-order valence-electron chi connectivity index (χ4n) is 10.9. The van der Waals surface area contributed by atoms with Gasteiger partial charge in [0, 0.05) is 12.8 Å². The summed E-state index contributed by atoms with van der Waals surface area (Å²) in [6.07, 6.45) is 78.2. The molecule has 0 aliphatic carbocycles. The van der Waals surface area contributed by atoms with Crippen molar-refractivity contribution in [3.8, 4) is 0 Å². The predicted molar refractivity (Wildman–Crippen MR) is 324 cm³/mol. The van der Waals surface area contributed by atoms with Gasteiger partial charge in [-0.2, -0.15) is 0 Å². The van der Waals surface area contributed by atoms with E-state index in [1.54, 1.807) is 0 Å². The molecule has 0 saturated carbocycles. The van der Waals surface area contributed by atoms with Gasteiger partial charge >= 0.3 is 5.97 Å². The second kappa shape index (κ2) is 64.1. The molecule has 440 valence electrons. The average molecular weight is 1040 g/mol. The van der Waals surface area contributed by atoms with Gasteiger partial charge in [0.05, 0.1) is 25.4 Å². The molecule has 0 spiro atoms. The highest BCUT2D eigenvalue weighted by molar-refractivity contribution is 5.76. The number of ether oxygens (including phenoxy) is 1. The van der Waals surface area contributed by atoms with E-state index in [4.69, 9.17) is 4.74 Å². The molecule has 0 radical (unpaired) electrons. The van der Waals surface area contributed by atoms with E-state index in [0.29, 0.717) is 25.9 Å². The molecule has 6 heteroatoms. The van der Waals surface area contributed by atoms with Crippen LogP contribution in [0.2, 0.25) is 0 Å². The van der Waals surface area contributed by atoms with E-state index >= 15 is 0 Å². The predicted octanol–water partition coefficient (Wildman–Crippen LogP) is 21.6. The van der Waals surface area contributed by atoms with Crippen LogP contribution in [0.3, 0.4) is 0 Å². The third-order valence-electron chi connectivity index (χ3n) is 16.1. The molecule has 0 aliphatic rings. The van der Waals surface area contributed by atoms with Gasteiger partial charge in [0.25, 0.3) is 0 Å². The number of aliphatic hydroxyl groups is 2. The SMILES string of the molecule is CCCCCCC/C=C\CCCCCCCC(=O)OCCCCCCCCCCCCCCCCCCCCCCCCCCCCCCC(=O)NC(CO)C(O)CCCCCCCCCCCCCCCCC. The van der Waals surface area contributed by atoms with Crippen LogP contribution >= 0.6 is 0 Å². The first-order valence-electron chi connectivity index (χ1n) is 33.9. The van der Waals surface area contributed by atoms with Crippen LogP contribution in [0.1, 0.15) is 386 Å². The van der Waals surface area contributed by atoms with Gasteiger partial charge < -0.3 is 20.3 Å². The average Bonchev–Trinajstić information content (AvgIpc) is 3.40. The number of amides is 1. The first-order chi connectivity index (χ1) is 36.5. The summed E-state index contributed by atoms with van der Waals surface area (Å²) < 4.78 is 5.49. The Balaban J connectivity index is 3.33. The summed E-state index contributed by atoms with van der Waals surface area (Å²) >= 11 is 0. The zero-order valence-corrected chi connectivity index (χ0v) is 50.4. The Morgan fingerprint density at radius 2 is 0.635 bits per heavy atom. The minimum absolute atomic E-state index is 0.0110. The number of carbonyl (C=O) groups excluding carboxylic acids is 2. The Morgan fingerprint density at radius 1 is 0.365 bits per heavy atom. The molecule has 6 nitrogen and oxygen atoms in total. The Labute approximate surface area is 463 Å². The van der Waals surface area contributed by atoms with E-state index in [1.807, 2.05) is 0 Å². The van der Waals surface area contributed by atoms with E-state index in [9.17, 15) is 19.8 Å². The largest absolute Gasteiger partial charge is 0.466 e. The number of carbonyl (C=O) groups is 2. The van der Waals surface area contributed by atoms with Crippen LogP contribution in [0.5, 0.6) is 0 Å². The van der Waals surface area contributed by atoms with Gasteiger partial charge in [0.1, 0.15) is 0 Å². The standard InChI is InChI=1S/C68H133NO5/c1-3-5-7-9-11-13-15-17-33-36-40-44-48-52-56-60-66(71)65(64-70)69-67(72)61-57-53-49-45-41-37-34-31-29-27-25-23-21-19-20-22-24-26-28-30-32-35-39-43-47-51-55-59-63-74-68(73)62-58-54-50-46-42-38-18-16-14-12-10-8-6-4-2/h16,18,65-66,70-71H,3-15,17,19-64H2,1-2H3,(H,69,72)/b18-16-. The quantitative estimate of drug-likeness (QED) is 0.0320. The first-order valence-corrected chi connectivity index (χ1v) is 33.9. The Kier molecular flexibility index (Phi) is 62.9. The van der Waals surface area contributed by atoms with Crippen LogP contribution in [0.25, 0.3) is 0 Å². The van der Waals surface area contributed by atoms with Gasteiger partial charge in [0.2, 0.25) is 5.91 Å². The molecular formula is C68H133NO5. The number of esters is 1. The van der Waals surface area contributed by atoms with E-state index < -0.39 is 12.1 Å². The molecule has 0 aromatic carbocycles. The van der Waals surface area contributed by atoms with Crippen molar-refractivity contribution in [2.45, 2.75) is 398 Å². The number of hydrogen-bond acceptors (Lipinski definition) is 5. The summed E-state index contributed by atoms with van der Waals surface area (Å²) in [5.74, 6) is -0.0177. The zero-order valence-electron chi connectivity index (χ0n) is 50.4. The Bertz CT molecular complexity index is 1110. The molecular weight excluding hydrogens is 911 g/mol. The van der Waals surface area contributed by atoms with Crippen LogP contribution < -0.4 is 5.32 Å². The van der Waals surface area contributed by atoms with E-state index in [0.717, 1.165) is 44.9 Å². The smallest absolute Gasteiger partial charge is 0.305 e. The number of nitrogens with one attached hydrogen (secondary N) is 1. The molecule has 2 unspecified atom stereocenters. The van der Waals surface area contributed by atoms with Gasteiger partial charge in [-0.15, -0.1) is 0 Å². The summed E-state index contributed by atoms with van der Waals surface area (Å²) in [6, 6.07) is -0.538. The van der Waals surface area contributed by atoms with Gasteiger partial charge in [0.15, 0.2) is 0 Å². The normalized spacial score (nSPS) is 12.5. The lowest BCUT2D eigenvalue weighted by molar-refractivity contribution is -0.143. The molecule has 0 aromatic rings. The maximum Gasteiger partial charge on any atom is 0.305 e. The number of rotatable bonds is 64. The Hall–Kier alpha value is -1.40. The van der Waals surface area contributed by atoms with Crippen LogP contribution in [0.15, 0.2) is 12.2 Å². The van der Waals surface area contributed by atoms with Crippen molar-refractivity contribution in [2.75, 3.05) is 13.2 Å². The third kappa shape index (κ3) is 59.8. The first kappa shape index (κ1) is 72.6. The van der Waals surface area contributed by atoms with E-state index in [1.165, 1.54) is 308 Å². The summed E-state index contributed by atoms with van der Waals surface area (Å²) in [4.78, 5) is 24.6. The lowest BCUT2D eigenvalue weighted by Crippen LogP contribution is -2.45. The van der Waals surface area contributed by atoms with Crippen molar-refractivity contribution < 1.29 is 24.5 Å². The van der Waals surface area contributed by atoms with Crippen LogP contribution in [0, 0.1) is 0 Å². The fraction of sp³-hybridized carbons (Fsp3) is 0.941. The molecule has 3 N–H and O–H groups in total. The van der Waals surface area contributed by atoms with Crippen molar-refractivity contribution >= 4 is 11.9 Å².